The molecule has 0 aliphatic carbocycles. The second-order valence-electron chi connectivity index (χ2n) is 3.08. The Balaban J connectivity index is 2.39. The van der Waals surface area contributed by atoms with Crippen LogP contribution in [-0.2, 0) is 4.74 Å². The van der Waals surface area contributed by atoms with Crippen LogP contribution in [0.4, 0.5) is 5.69 Å². The number of nitrogens with one attached hydrogen (secondary N) is 1. The molecule has 0 bridgehead atoms. The van der Waals surface area contributed by atoms with Crippen LogP contribution in [0.1, 0.15) is 15.9 Å². The largest absolute Gasteiger partial charge is 0.465 e. The van der Waals surface area contributed by atoms with E-state index in [0.717, 1.165) is 17.8 Å². The first-order chi connectivity index (χ1) is 6.81. The highest BCUT2D eigenvalue weighted by molar-refractivity contribution is 5.91. The first kappa shape index (κ1) is 8.81. The summed E-state index contributed by atoms with van der Waals surface area (Å²) in [5.41, 5.74) is 2.66. The average Bonchev–Trinajstić information content (AvgIpc) is 2.27. The highest BCUT2D eigenvalue weighted by atomic mass is 16.5. The van der Waals surface area contributed by atoms with Gasteiger partial charge in [0.05, 0.1) is 12.7 Å². The molecule has 0 atom stereocenters. The Morgan fingerprint density at radius 3 is 3.14 bits per heavy atom. The third-order valence-electron chi connectivity index (χ3n) is 2.18. The SMILES string of the molecule is COC(=O)c1ccc2c(c1)NCC=C2. The molecule has 0 radical (unpaired) electrons. The second-order valence-corrected chi connectivity index (χ2v) is 3.08. The molecule has 72 valence electrons. The molecular formula is C11H11NO2. The van der Waals surface area contributed by atoms with E-state index in [0.29, 0.717) is 5.56 Å². The highest BCUT2D eigenvalue weighted by Crippen LogP contribution is 2.22. The van der Waals surface area contributed by atoms with Crippen LogP contribution in [0.25, 0.3) is 6.08 Å². The van der Waals surface area contributed by atoms with E-state index in [1.807, 2.05) is 24.3 Å². The van der Waals surface area contributed by atoms with Crippen LogP contribution in [0.2, 0.25) is 0 Å². The van der Waals surface area contributed by atoms with Crippen molar-refractivity contribution in [2.24, 2.45) is 0 Å². The average molecular weight is 189 g/mol. The van der Waals surface area contributed by atoms with Crippen LogP contribution in [0.15, 0.2) is 24.3 Å². The predicted octanol–water partition coefficient (Wildman–Crippen LogP) is 1.91. The molecule has 3 heteroatoms. The van der Waals surface area contributed by atoms with Gasteiger partial charge in [-0.1, -0.05) is 18.2 Å². The molecule has 0 amide bonds. The molecule has 2 rings (SSSR count). The number of fused-ring (bicyclic) bond motifs is 1. The van der Waals surface area contributed by atoms with E-state index in [4.69, 9.17) is 0 Å². The lowest BCUT2D eigenvalue weighted by molar-refractivity contribution is 0.0601. The van der Waals surface area contributed by atoms with Gasteiger partial charge in [-0.15, -0.1) is 0 Å². The molecule has 0 unspecified atom stereocenters. The molecule has 1 aromatic rings. The van der Waals surface area contributed by atoms with Crippen LogP contribution >= 0.6 is 0 Å². The number of hydrogen-bond donors (Lipinski definition) is 1. The lowest BCUT2D eigenvalue weighted by Crippen LogP contribution is -2.07. The predicted molar refractivity (Wildman–Crippen MR) is 55.3 cm³/mol. The molecule has 0 spiro atoms. The molecule has 1 N–H and O–H groups in total. The molecule has 3 nitrogen and oxygen atoms in total. The van der Waals surface area contributed by atoms with Crippen molar-refractivity contribution in [3.8, 4) is 0 Å². The Hall–Kier alpha value is -1.77. The van der Waals surface area contributed by atoms with Gasteiger partial charge in [0.15, 0.2) is 0 Å². The molecule has 14 heavy (non-hydrogen) atoms. The number of anilines is 1. The topological polar surface area (TPSA) is 38.3 Å². The zero-order valence-electron chi connectivity index (χ0n) is 7.91. The first-order valence-corrected chi connectivity index (χ1v) is 4.44. The quantitative estimate of drug-likeness (QED) is 0.686. The summed E-state index contributed by atoms with van der Waals surface area (Å²) >= 11 is 0. The van der Waals surface area contributed by atoms with E-state index < -0.39 is 0 Å². The highest BCUT2D eigenvalue weighted by Gasteiger charge is 2.09. The van der Waals surface area contributed by atoms with Gasteiger partial charge in [0.1, 0.15) is 0 Å². The number of methoxy groups -OCH3 is 1. The van der Waals surface area contributed by atoms with Crippen molar-refractivity contribution >= 4 is 17.7 Å². The zero-order valence-corrected chi connectivity index (χ0v) is 7.91. The van der Waals surface area contributed by atoms with Crippen molar-refractivity contribution in [1.82, 2.24) is 0 Å². The summed E-state index contributed by atoms with van der Waals surface area (Å²) in [4.78, 5) is 11.2. The first-order valence-electron chi connectivity index (χ1n) is 4.44. The van der Waals surface area contributed by atoms with Crippen molar-refractivity contribution in [3.63, 3.8) is 0 Å². The Labute approximate surface area is 82.4 Å². The molecule has 0 aromatic heterocycles. The molecule has 1 aliphatic heterocycles. The number of esters is 1. The third kappa shape index (κ3) is 1.48. The van der Waals surface area contributed by atoms with Gasteiger partial charge >= 0.3 is 5.97 Å². The summed E-state index contributed by atoms with van der Waals surface area (Å²) in [5.74, 6) is -0.302. The van der Waals surface area contributed by atoms with Crippen molar-refractivity contribution < 1.29 is 9.53 Å². The fourth-order valence-electron chi connectivity index (χ4n) is 1.45. The summed E-state index contributed by atoms with van der Waals surface area (Å²) in [7, 11) is 1.38. The van der Waals surface area contributed by atoms with E-state index >= 15 is 0 Å². The van der Waals surface area contributed by atoms with Gasteiger partial charge in [0.25, 0.3) is 0 Å². The Kier molecular flexibility index (Phi) is 2.23. The van der Waals surface area contributed by atoms with Crippen molar-refractivity contribution in [1.29, 1.82) is 0 Å². The monoisotopic (exact) mass is 189 g/mol. The second kappa shape index (κ2) is 3.54. The van der Waals surface area contributed by atoms with E-state index in [1.165, 1.54) is 7.11 Å². The summed E-state index contributed by atoms with van der Waals surface area (Å²) in [5, 5.41) is 3.19. The van der Waals surface area contributed by atoms with Gasteiger partial charge in [-0.3, -0.25) is 0 Å². The minimum Gasteiger partial charge on any atom is -0.465 e. The minimum absolute atomic E-state index is 0.302. The van der Waals surface area contributed by atoms with Crippen LogP contribution in [0.3, 0.4) is 0 Å². The maximum atomic E-state index is 11.2. The summed E-state index contributed by atoms with van der Waals surface area (Å²) < 4.78 is 4.64. The molecule has 0 fully saturated rings. The number of benzene rings is 1. The number of carbonyl (C=O) groups excluding carboxylic acids is 1. The summed E-state index contributed by atoms with van der Waals surface area (Å²) in [6.07, 6.45) is 4.08. The van der Waals surface area contributed by atoms with E-state index in [9.17, 15) is 4.79 Å². The molecule has 1 heterocycles. The minimum atomic E-state index is -0.302. The van der Waals surface area contributed by atoms with E-state index in [-0.39, 0.29) is 5.97 Å². The van der Waals surface area contributed by atoms with Crippen LogP contribution in [-0.4, -0.2) is 19.6 Å². The lowest BCUT2D eigenvalue weighted by atomic mass is 10.1. The molecular weight excluding hydrogens is 178 g/mol. The summed E-state index contributed by atoms with van der Waals surface area (Å²) in [6, 6.07) is 5.48. The molecule has 1 aliphatic rings. The smallest absolute Gasteiger partial charge is 0.337 e. The molecule has 1 aromatic carbocycles. The Morgan fingerprint density at radius 1 is 1.50 bits per heavy atom. The maximum absolute atomic E-state index is 11.2. The number of hydrogen-bond acceptors (Lipinski definition) is 3. The van der Waals surface area contributed by atoms with Crippen molar-refractivity contribution in [2.45, 2.75) is 0 Å². The Morgan fingerprint density at radius 2 is 2.36 bits per heavy atom. The zero-order chi connectivity index (χ0) is 9.97. The van der Waals surface area contributed by atoms with Crippen LogP contribution < -0.4 is 5.32 Å². The van der Waals surface area contributed by atoms with Crippen LogP contribution in [0, 0.1) is 0 Å². The fourth-order valence-corrected chi connectivity index (χ4v) is 1.45. The number of carbonyl (C=O) groups is 1. The van der Waals surface area contributed by atoms with Gasteiger partial charge in [-0.25, -0.2) is 4.79 Å². The summed E-state index contributed by atoms with van der Waals surface area (Å²) in [6.45, 7) is 0.803. The standard InChI is InChI=1S/C11H11NO2/c1-14-11(13)9-5-4-8-3-2-6-12-10(8)7-9/h2-5,7,12H,6H2,1H3. The maximum Gasteiger partial charge on any atom is 0.337 e. The van der Waals surface area contributed by atoms with Gasteiger partial charge in [-0.2, -0.15) is 0 Å². The van der Waals surface area contributed by atoms with Gasteiger partial charge in [0, 0.05) is 12.2 Å². The normalized spacial score (nSPS) is 12.9. The number of rotatable bonds is 1. The van der Waals surface area contributed by atoms with Gasteiger partial charge in [0.2, 0.25) is 0 Å². The third-order valence-corrected chi connectivity index (χ3v) is 2.18. The fraction of sp³-hybridized carbons (Fsp3) is 0.182. The van der Waals surface area contributed by atoms with Gasteiger partial charge < -0.3 is 10.1 Å². The number of ether oxygens (including phenoxy) is 1. The van der Waals surface area contributed by atoms with E-state index in [1.54, 1.807) is 6.07 Å². The van der Waals surface area contributed by atoms with E-state index in [2.05, 4.69) is 10.1 Å². The Bertz CT molecular complexity index is 396. The lowest BCUT2D eigenvalue weighted by Gasteiger charge is -2.13. The molecule has 0 saturated carbocycles. The van der Waals surface area contributed by atoms with Gasteiger partial charge in [-0.05, 0) is 17.7 Å². The van der Waals surface area contributed by atoms with Crippen molar-refractivity contribution in [3.05, 3.63) is 35.4 Å². The van der Waals surface area contributed by atoms with Crippen molar-refractivity contribution in [2.75, 3.05) is 19.0 Å². The van der Waals surface area contributed by atoms with Crippen LogP contribution in [0.5, 0.6) is 0 Å². The molecule has 0 saturated heterocycles.